The molecule has 0 atom stereocenters. The minimum Gasteiger partial charge on any atom is -0.507 e. The fraction of sp³-hybridized carbons (Fsp3) is 0.0714. The van der Waals surface area contributed by atoms with E-state index in [1.165, 1.54) is 6.26 Å². The van der Waals surface area contributed by atoms with Gasteiger partial charge in [0.25, 0.3) is 0 Å². The lowest BCUT2D eigenvalue weighted by molar-refractivity contribution is 0.102. The number of aryl methyl sites for hydroxylation is 1. The van der Waals surface area contributed by atoms with E-state index in [2.05, 4.69) is 0 Å². The lowest BCUT2D eigenvalue weighted by Crippen LogP contribution is -1.94. The van der Waals surface area contributed by atoms with Crippen LogP contribution in [0.5, 0.6) is 0 Å². The highest BCUT2D eigenvalue weighted by atomic mass is 16.3. The Labute approximate surface area is 99.0 Å². The SMILES string of the molecule is Cc1ccc(/C(O)=C/C(=O)c2ccco2)cc1. The van der Waals surface area contributed by atoms with Gasteiger partial charge < -0.3 is 9.52 Å². The third kappa shape index (κ3) is 2.64. The van der Waals surface area contributed by atoms with Crippen LogP contribution in [0.25, 0.3) is 5.76 Å². The Kier molecular flexibility index (Phi) is 3.10. The van der Waals surface area contributed by atoms with Gasteiger partial charge in [-0.1, -0.05) is 29.8 Å². The van der Waals surface area contributed by atoms with Crippen molar-refractivity contribution in [3.8, 4) is 0 Å². The van der Waals surface area contributed by atoms with Crippen LogP contribution in [-0.4, -0.2) is 10.9 Å². The smallest absolute Gasteiger partial charge is 0.224 e. The maximum atomic E-state index is 11.6. The largest absolute Gasteiger partial charge is 0.507 e. The van der Waals surface area contributed by atoms with Crippen LogP contribution < -0.4 is 0 Å². The van der Waals surface area contributed by atoms with Gasteiger partial charge in [-0.3, -0.25) is 4.79 Å². The second-order valence-electron chi connectivity index (χ2n) is 3.74. The summed E-state index contributed by atoms with van der Waals surface area (Å²) in [5.41, 5.74) is 1.70. The molecule has 17 heavy (non-hydrogen) atoms. The molecule has 3 nitrogen and oxygen atoms in total. The van der Waals surface area contributed by atoms with Gasteiger partial charge in [-0.15, -0.1) is 0 Å². The van der Waals surface area contributed by atoms with Gasteiger partial charge in [-0.05, 0) is 19.1 Å². The summed E-state index contributed by atoms with van der Waals surface area (Å²) in [6, 6.07) is 10.5. The van der Waals surface area contributed by atoms with E-state index >= 15 is 0 Å². The summed E-state index contributed by atoms with van der Waals surface area (Å²) in [5.74, 6) is -0.205. The number of ketones is 1. The van der Waals surface area contributed by atoms with Crippen molar-refractivity contribution in [2.45, 2.75) is 6.92 Å². The summed E-state index contributed by atoms with van der Waals surface area (Å²) in [7, 11) is 0. The summed E-state index contributed by atoms with van der Waals surface area (Å²) >= 11 is 0. The number of hydrogen-bond donors (Lipinski definition) is 1. The van der Waals surface area contributed by atoms with Crippen molar-refractivity contribution in [1.29, 1.82) is 0 Å². The average Bonchev–Trinajstić information content (AvgIpc) is 2.83. The van der Waals surface area contributed by atoms with Crippen molar-refractivity contribution in [2.24, 2.45) is 0 Å². The highest BCUT2D eigenvalue weighted by Gasteiger charge is 2.08. The van der Waals surface area contributed by atoms with Crippen LogP contribution in [0.3, 0.4) is 0 Å². The summed E-state index contributed by atoms with van der Waals surface area (Å²) in [6.45, 7) is 1.96. The predicted octanol–water partition coefficient (Wildman–Crippen LogP) is 3.37. The van der Waals surface area contributed by atoms with Gasteiger partial charge in [-0.25, -0.2) is 0 Å². The maximum absolute atomic E-state index is 11.6. The molecule has 0 fully saturated rings. The second kappa shape index (κ2) is 4.70. The second-order valence-corrected chi connectivity index (χ2v) is 3.74. The molecule has 0 saturated heterocycles. The van der Waals surface area contributed by atoms with E-state index in [1.54, 1.807) is 24.3 Å². The maximum Gasteiger partial charge on any atom is 0.224 e. The third-order valence-electron chi connectivity index (χ3n) is 2.38. The van der Waals surface area contributed by atoms with Gasteiger partial charge >= 0.3 is 0 Å². The minimum absolute atomic E-state index is 0.0635. The van der Waals surface area contributed by atoms with Gasteiger partial charge in [0, 0.05) is 11.6 Å². The fourth-order valence-electron chi connectivity index (χ4n) is 1.42. The van der Waals surface area contributed by atoms with Gasteiger partial charge in [0.2, 0.25) is 5.78 Å². The van der Waals surface area contributed by atoms with E-state index in [1.807, 2.05) is 19.1 Å². The van der Waals surface area contributed by atoms with E-state index in [4.69, 9.17) is 4.42 Å². The number of carbonyl (C=O) groups excluding carboxylic acids is 1. The van der Waals surface area contributed by atoms with Gasteiger partial charge in [0.1, 0.15) is 5.76 Å². The number of hydrogen-bond acceptors (Lipinski definition) is 3. The van der Waals surface area contributed by atoms with Crippen molar-refractivity contribution < 1.29 is 14.3 Å². The number of carbonyl (C=O) groups is 1. The quantitative estimate of drug-likeness (QED) is 0.497. The summed E-state index contributed by atoms with van der Waals surface area (Å²) in [6.07, 6.45) is 2.58. The predicted molar refractivity (Wildman–Crippen MR) is 64.8 cm³/mol. The molecule has 1 aromatic carbocycles. The molecule has 0 unspecified atom stereocenters. The standard InChI is InChI=1S/C14H12O3/c1-10-4-6-11(7-5-10)12(15)9-13(16)14-3-2-8-17-14/h2-9,15H,1H3/b12-9-. The van der Waals surface area contributed by atoms with Crippen LogP contribution in [0, 0.1) is 6.92 Å². The molecule has 3 heteroatoms. The van der Waals surface area contributed by atoms with E-state index in [0.717, 1.165) is 11.6 Å². The van der Waals surface area contributed by atoms with Crippen LogP contribution in [-0.2, 0) is 0 Å². The molecule has 2 aromatic rings. The molecule has 1 aromatic heterocycles. The molecule has 0 saturated carbocycles. The summed E-state index contributed by atoms with van der Waals surface area (Å²) in [4.78, 5) is 11.6. The number of allylic oxidation sites excluding steroid dienone is 1. The van der Waals surface area contributed by atoms with Crippen LogP contribution in [0.1, 0.15) is 21.7 Å². The Morgan fingerprint density at radius 2 is 1.94 bits per heavy atom. The number of rotatable bonds is 3. The summed E-state index contributed by atoms with van der Waals surface area (Å²) < 4.78 is 4.95. The highest BCUT2D eigenvalue weighted by molar-refractivity contribution is 6.05. The first kappa shape index (κ1) is 11.2. The molecule has 0 radical (unpaired) electrons. The molecule has 0 amide bonds. The molecular weight excluding hydrogens is 216 g/mol. The van der Waals surface area contributed by atoms with Crippen molar-refractivity contribution in [1.82, 2.24) is 0 Å². The first-order valence-corrected chi connectivity index (χ1v) is 5.22. The number of aliphatic hydroxyl groups is 1. The van der Waals surface area contributed by atoms with Crippen molar-refractivity contribution in [3.05, 3.63) is 65.6 Å². The first-order valence-electron chi connectivity index (χ1n) is 5.22. The van der Waals surface area contributed by atoms with Crippen LogP contribution in [0.4, 0.5) is 0 Å². The molecule has 0 aliphatic heterocycles. The lowest BCUT2D eigenvalue weighted by atomic mass is 10.1. The summed E-state index contributed by atoms with van der Waals surface area (Å²) in [5, 5.41) is 9.78. The lowest BCUT2D eigenvalue weighted by Gasteiger charge is -2.00. The monoisotopic (exact) mass is 228 g/mol. The molecule has 0 aliphatic rings. The van der Waals surface area contributed by atoms with Crippen molar-refractivity contribution in [3.63, 3.8) is 0 Å². The zero-order valence-corrected chi connectivity index (χ0v) is 9.38. The third-order valence-corrected chi connectivity index (χ3v) is 2.38. The van der Waals surface area contributed by atoms with Gasteiger partial charge in [-0.2, -0.15) is 0 Å². The molecule has 2 rings (SSSR count). The highest BCUT2D eigenvalue weighted by Crippen LogP contribution is 2.14. The number of benzene rings is 1. The topological polar surface area (TPSA) is 50.4 Å². The Hall–Kier alpha value is -2.29. The zero-order valence-electron chi connectivity index (χ0n) is 9.38. The van der Waals surface area contributed by atoms with Crippen molar-refractivity contribution >= 4 is 11.5 Å². The van der Waals surface area contributed by atoms with Crippen molar-refractivity contribution in [2.75, 3.05) is 0 Å². The fourth-order valence-corrected chi connectivity index (χ4v) is 1.42. The molecule has 0 aliphatic carbocycles. The van der Waals surface area contributed by atoms with E-state index in [-0.39, 0.29) is 17.3 Å². The Bertz CT molecular complexity index is 533. The average molecular weight is 228 g/mol. The minimum atomic E-state index is -0.354. The van der Waals surface area contributed by atoms with Crippen LogP contribution in [0.2, 0.25) is 0 Å². The molecule has 1 N–H and O–H groups in total. The van der Waals surface area contributed by atoms with E-state index < -0.39 is 0 Å². The first-order chi connectivity index (χ1) is 8.16. The van der Waals surface area contributed by atoms with E-state index in [9.17, 15) is 9.90 Å². The number of furan rings is 1. The number of aliphatic hydroxyl groups excluding tert-OH is 1. The normalized spacial score (nSPS) is 11.5. The van der Waals surface area contributed by atoms with Crippen LogP contribution in [0.15, 0.2) is 53.2 Å². The molecule has 86 valence electrons. The molecule has 0 spiro atoms. The Morgan fingerprint density at radius 1 is 1.24 bits per heavy atom. The molecule has 0 bridgehead atoms. The van der Waals surface area contributed by atoms with Gasteiger partial charge in [0.15, 0.2) is 5.76 Å². The zero-order chi connectivity index (χ0) is 12.3. The molecular formula is C14H12O3. The Morgan fingerprint density at radius 3 is 2.53 bits per heavy atom. The van der Waals surface area contributed by atoms with Gasteiger partial charge in [0.05, 0.1) is 6.26 Å². The molecule has 1 heterocycles. The van der Waals surface area contributed by atoms with E-state index in [0.29, 0.717) is 5.56 Å². The Balaban J connectivity index is 2.22. The van der Waals surface area contributed by atoms with Crippen LogP contribution >= 0.6 is 0 Å².